The molecular weight excluding hydrogens is 248 g/mol. The number of hydrogen-bond donors (Lipinski definition) is 0. The summed E-state index contributed by atoms with van der Waals surface area (Å²) in [5.74, 6) is 1.36. The van der Waals surface area contributed by atoms with Gasteiger partial charge in [0.05, 0.1) is 12.7 Å². The molecule has 0 aliphatic carbocycles. The van der Waals surface area contributed by atoms with Crippen LogP contribution in [-0.4, -0.2) is 21.9 Å². The van der Waals surface area contributed by atoms with Crippen LogP contribution >= 0.6 is 11.8 Å². The van der Waals surface area contributed by atoms with Crippen molar-refractivity contribution >= 4 is 11.8 Å². The molecule has 0 amide bonds. The predicted molar refractivity (Wildman–Crippen MR) is 68.3 cm³/mol. The standard InChI is InChI=1S/C12H12N4OS/c1-16-12(14-8-15-16)18-7-9-3-4-10(6-13)11(5-9)17-2/h3-5,8H,7H2,1-2H3. The van der Waals surface area contributed by atoms with Crippen LogP contribution in [-0.2, 0) is 12.8 Å². The van der Waals surface area contributed by atoms with E-state index >= 15 is 0 Å². The largest absolute Gasteiger partial charge is 0.495 e. The topological polar surface area (TPSA) is 63.7 Å². The summed E-state index contributed by atoms with van der Waals surface area (Å²) >= 11 is 1.59. The third-order valence-electron chi connectivity index (χ3n) is 2.42. The fraction of sp³-hybridized carbons (Fsp3) is 0.250. The van der Waals surface area contributed by atoms with Crippen molar-refractivity contribution < 1.29 is 4.74 Å². The van der Waals surface area contributed by atoms with Gasteiger partial charge in [-0.25, -0.2) is 9.67 Å². The van der Waals surface area contributed by atoms with Crippen molar-refractivity contribution in [3.05, 3.63) is 35.7 Å². The smallest absolute Gasteiger partial charge is 0.186 e. The number of benzene rings is 1. The fourth-order valence-corrected chi connectivity index (χ4v) is 2.31. The molecule has 0 aliphatic rings. The summed E-state index contributed by atoms with van der Waals surface area (Å²) in [5.41, 5.74) is 1.63. The van der Waals surface area contributed by atoms with E-state index in [0.29, 0.717) is 11.3 Å². The minimum atomic E-state index is 0.546. The van der Waals surface area contributed by atoms with Crippen LogP contribution in [0.5, 0.6) is 5.75 Å². The molecule has 1 aromatic carbocycles. The van der Waals surface area contributed by atoms with Crippen LogP contribution in [0.15, 0.2) is 29.7 Å². The Hall–Kier alpha value is -2.00. The maximum absolute atomic E-state index is 8.90. The van der Waals surface area contributed by atoms with Crippen LogP contribution in [0.4, 0.5) is 0 Å². The molecule has 0 saturated heterocycles. The summed E-state index contributed by atoms with van der Waals surface area (Å²) in [6.07, 6.45) is 1.53. The zero-order valence-electron chi connectivity index (χ0n) is 10.1. The Balaban J connectivity index is 2.11. The van der Waals surface area contributed by atoms with Crippen molar-refractivity contribution in [2.45, 2.75) is 10.9 Å². The summed E-state index contributed by atoms with van der Waals surface area (Å²) in [6.45, 7) is 0. The number of rotatable bonds is 4. The third kappa shape index (κ3) is 2.63. The molecule has 18 heavy (non-hydrogen) atoms. The molecule has 2 aromatic rings. The van der Waals surface area contributed by atoms with Crippen molar-refractivity contribution in [3.63, 3.8) is 0 Å². The van der Waals surface area contributed by atoms with Gasteiger partial charge in [0, 0.05) is 12.8 Å². The van der Waals surface area contributed by atoms with E-state index in [1.54, 1.807) is 29.6 Å². The second-order valence-electron chi connectivity index (χ2n) is 3.60. The van der Waals surface area contributed by atoms with Gasteiger partial charge in [-0.2, -0.15) is 10.4 Å². The molecule has 92 valence electrons. The van der Waals surface area contributed by atoms with Crippen LogP contribution in [0.1, 0.15) is 11.1 Å². The first kappa shape index (κ1) is 12.5. The maximum Gasteiger partial charge on any atom is 0.186 e. The molecule has 0 atom stereocenters. The van der Waals surface area contributed by atoms with Crippen molar-refractivity contribution in [1.82, 2.24) is 14.8 Å². The highest BCUT2D eigenvalue weighted by Gasteiger charge is 2.06. The first-order chi connectivity index (χ1) is 8.74. The summed E-state index contributed by atoms with van der Waals surface area (Å²) in [4.78, 5) is 4.14. The molecule has 0 aliphatic heterocycles. The third-order valence-corrected chi connectivity index (χ3v) is 3.53. The summed E-state index contributed by atoms with van der Waals surface area (Å²) in [5, 5.41) is 13.8. The monoisotopic (exact) mass is 260 g/mol. The van der Waals surface area contributed by atoms with Gasteiger partial charge in [0.15, 0.2) is 5.16 Å². The molecule has 2 rings (SSSR count). The van der Waals surface area contributed by atoms with Gasteiger partial charge in [-0.15, -0.1) is 0 Å². The average molecular weight is 260 g/mol. The average Bonchev–Trinajstić information content (AvgIpc) is 2.81. The molecular formula is C12H12N4OS. The van der Waals surface area contributed by atoms with E-state index in [-0.39, 0.29) is 0 Å². The van der Waals surface area contributed by atoms with Crippen molar-refractivity contribution in [2.24, 2.45) is 7.05 Å². The van der Waals surface area contributed by atoms with E-state index in [1.165, 1.54) is 6.33 Å². The Morgan fingerprint density at radius 3 is 2.94 bits per heavy atom. The van der Waals surface area contributed by atoms with Gasteiger partial charge in [-0.05, 0) is 17.7 Å². The second kappa shape index (κ2) is 5.56. The lowest BCUT2D eigenvalue weighted by Crippen LogP contribution is -1.94. The summed E-state index contributed by atoms with van der Waals surface area (Å²) < 4.78 is 6.90. The highest BCUT2D eigenvalue weighted by Crippen LogP contribution is 2.24. The number of nitrogens with zero attached hydrogens (tertiary/aromatic N) is 4. The SMILES string of the molecule is COc1cc(CSc2ncnn2C)ccc1C#N. The number of ether oxygens (including phenoxy) is 1. The van der Waals surface area contributed by atoms with Gasteiger partial charge >= 0.3 is 0 Å². The highest BCUT2D eigenvalue weighted by atomic mass is 32.2. The van der Waals surface area contributed by atoms with Crippen LogP contribution in [0.2, 0.25) is 0 Å². The second-order valence-corrected chi connectivity index (χ2v) is 4.54. The van der Waals surface area contributed by atoms with Gasteiger partial charge in [-0.3, -0.25) is 0 Å². The fourth-order valence-electron chi connectivity index (χ4n) is 1.48. The van der Waals surface area contributed by atoms with Gasteiger partial charge < -0.3 is 4.74 Å². The molecule has 0 fully saturated rings. The lowest BCUT2D eigenvalue weighted by Gasteiger charge is -2.06. The van der Waals surface area contributed by atoms with E-state index in [2.05, 4.69) is 16.2 Å². The number of nitriles is 1. The number of methoxy groups -OCH3 is 1. The zero-order chi connectivity index (χ0) is 13.0. The molecule has 0 radical (unpaired) electrons. The Morgan fingerprint density at radius 1 is 1.50 bits per heavy atom. The molecule has 0 unspecified atom stereocenters. The Morgan fingerprint density at radius 2 is 2.33 bits per heavy atom. The lowest BCUT2D eigenvalue weighted by atomic mass is 10.1. The molecule has 1 aromatic heterocycles. The number of aromatic nitrogens is 3. The quantitative estimate of drug-likeness (QED) is 0.787. The van der Waals surface area contributed by atoms with E-state index in [0.717, 1.165) is 16.5 Å². The maximum atomic E-state index is 8.90. The van der Waals surface area contributed by atoms with Gasteiger partial charge in [0.2, 0.25) is 0 Å². The molecule has 0 N–H and O–H groups in total. The Bertz CT molecular complexity index is 588. The number of thioether (sulfide) groups is 1. The molecule has 5 nitrogen and oxygen atoms in total. The van der Waals surface area contributed by atoms with Gasteiger partial charge in [-0.1, -0.05) is 17.8 Å². The van der Waals surface area contributed by atoms with Gasteiger partial charge in [0.25, 0.3) is 0 Å². The van der Waals surface area contributed by atoms with E-state index < -0.39 is 0 Å². The number of aryl methyl sites for hydroxylation is 1. The van der Waals surface area contributed by atoms with Crippen molar-refractivity contribution in [2.75, 3.05) is 7.11 Å². The van der Waals surface area contributed by atoms with Gasteiger partial charge in [0.1, 0.15) is 18.1 Å². The van der Waals surface area contributed by atoms with E-state index in [9.17, 15) is 0 Å². The normalized spacial score (nSPS) is 10.1. The van der Waals surface area contributed by atoms with Crippen LogP contribution in [0, 0.1) is 11.3 Å². The molecule has 6 heteroatoms. The summed E-state index contributed by atoms with van der Waals surface area (Å²) in [7, 11) is 3.42. The zero-order valence-corrected chi connectivity index (χ0v) is 10.9. The first-order valence-corrected chi connectivity index (χ1v) is 6.27. The van der Waals surface area contributed by atoms with Crippen molar-refractivity contribution in [1.29, 1.82) is 5.26 Å². The van der Waals surface area contributed by atoms with Crippen LogP contribution < -0.4 is 4.74 Å². The van der Waals surface area contributed by atoms with E-state index in [1.807, 2.05) is 19.2 Å². The minimum absolute atomic E-state index is 0.546. The number of hydrogen-bond acceptors (Lipinski definition) is 5. The highest BCUT2D eigenvalue weighted by molar-refractivity contribution is 7.98. The summed E-state index contributed by atoms with van der Waals surface area (Å²) in [6, 6.07) is 7.66. The molecule has 0 bridgehead atoms. The van der Waals surface area contributed by atoms with Crippen molar-refractivity contribution in [3.8, 4) is 11.8 Å². The lowest BCUT2D eigenvalue weighted by molar-refractivity contribution is 0.413. The molecule has 0 saturated carbocycles. The van der Waals surface area contributed by atoms with Crippen LogP contribution in [0.3, 0.4) is 0 Å². The Kier molecular flexibility index (Phi) is 3.85. The first-order valence-electron chi connectivity index (χ1n) is 5.28. The predicted octanol–water partition coefficient (Wildman–Crippen LogP) is 1.99. The van der Waals surface area contributed by atoms with E-state index in [4.69, 9.17) is 10.00 Å². The minimum Gasteiger partial charge on any atom is -0.495 e. The molecule has 0 spiro atoms. The Labute approximate surface area is 109 Å². The van der Waals surface area contributed by atoms with Crippen LogP contribution in [0.25, 0.3) is 0 Å². The molecule has 1 heterocycles.